The number of aromatic hydroxyl groups is 1. The van der Waals surface area contributed by atoms with Gasteiger partial charge in [-0.25, -0.2) is 0 Å². The molecule has 3 heteroatoms. The molecule has 0 aromatic heterocycles. The number of phenols is 1. The van der Waals surface area contributed by atoms with Gasteiger partial charge in [-0.05, 0) is 30.7 Å². The van der Waals surface area contributed by atoms with Crippen molar-refractivity contribution in [2.24, 2.45) is 5.41 Å². The van der Waals surface area contributed by atoms with Gasteiger partial charge in [0.2, 0.25) is 5.91 Å². The lowest BCUT2D eigenvalue weighted by atomic mass is 9.75. The normalized spacial score (nSPS) is 21.9. The molecule has 3 nitrogen and oxygen atoms in total. The molecule has 1 unspecified atom stereocenters. The van der Waals surface area contributed by atoms with Crippen molar-refractivity contribution < 1.29 is 9.90 Å². The molecule has 104 valence electrons. The summed E-state index contributed by atoms with van der Waals surface area (Å²) in [6.07, 6.45) is 4.77. The lowest BCUT2D eigenvalue weighted by Gasteiger charge is -2.35. The minimum Gasteiger partial charge on any atom is -0.508 e. The quantitative estimate of drug-likeness (QED) is 0.878. The zero-order valence-electron chi connectivity index (χ0n) is 11.8. The van der Waals surface area contributed by atoms with Gasteiger partial charge in [0.25, 0.3) is 0 Å². The lowest BCUT2D eigenvalue weighted by molar-refractivity contribution is -0.121. The summed E-state index contributed by atoms with van der Waals surface area (Å²) < 4.78 is 0. The van der Waals surface area contributed by atoms with E-state index in [1.165, 1.54) is 12.8 Å². The Kier molecular flexibility index (Phi) is 4.13. The Morgan fingerprint density at radius 1 is 1.42 bits per heavy atom. The lowest BCUT2D eigenvalue weighted by Crippen LogP contribution is -2.41. The first-order chi connectivity index (χ1) is 8.96. The van der Waals surface area contributed by atoms with E-state index in [1.807, 2.05) is 6.07 Å². The van der Waals surface area contributed by atoms with E-state index in [0.717, 1.165) is 12.8 Å². The fourth-order valence-corrected chi connectivity index (χ4v) is 2.93. The molecular formula is C16H23NO2. The third kappa shape index (κ3) is 3.98. The van der Waals surface area contributed by atoms with E-state index >= 15 is 0 Å². The summed E-state index contributed by atoms with van der Waals surface area (Å²) in [7, 11) is 0. The summed E-state index contributed by atoms with van der Waals surface area (Å²) in [5, 5.41) is 12.8. The van der Waals surface area contributed by atoms with Crippen LogP contribution in [0.4, 0.5) is 0 Å². The number of phenolic OH excluding ortho intramolecular Hbond substituents is 1. The molecule has 1 saturated carbocycles. The SMILES string of the molecule is CC1(C)CCCC(NC(=O)Cc2ccccc2O)C1. The van der Waals surface area contributed by atoms with E-state index in [-0.39, 0.29) is 24.1 Å². The van der Waals surface area contributed by atoms with E-state index in [9.17, 15) is 9.90 Å². The van der Waals surface area contributed by atoms with Crippen molar-refractivity contribution in [3.8, 4) is 5.75 Å². The van der Waals surface area contributed by atoms with Gasteiger partial charge in [0.1, 0.15) is 5.75 Å². The molecule has 0 spiro atoms. The minimum absolute atomic E-state index is 0.00389. The van der Waals surface area contributed by atoms with Crippen LogP contribution in [0, 0.1) is 5.41 Å². The van der Waals surface area contributed by atoms with Crippen molar-refractivity contribution in [1.29, 1.82) is 0 Å². The highest BCUT2D eigenvalue weighted by Gasteiger charge is 2.28. The van der Waals surface area contributed by atoms with Gasteiger partial charge < -0.3 is 10.4 Å². The van der Waals surface area contributed by atoms with Crippen LogP contribution in [0.3, 0.4) is 0 Å². The van der Waals surface area contributed by atoms with Crippen LogP contribution in [0.25, 0.3) is 0 Å². The van der Waals surface area contributed by atoms with E-state index in [0.29, 0.717) is 11.0 Å². The predicted molar refractivity (Wildman–Crippen MR) is 76.0 cm³/mol. The second-order valence-electron chi connectivity index (χ2n) is 6.33. The summed E-state index contributed by atoms with van der Waals surface area (Å²) in [5.41, 5.74) is 1.01. The number of hydrogen-bond donors (Lipinski definition) is 2. The molecule has 1 aliphatic carbocycles. The average molecular weight is 261 g/mol. The van der Waals surface area contributed by atoms with Gasteiger partial charge in [-0.1, -0.05) is 38.5 Å². The van der Waals surface area contributed by atoms with Crippen molar-refractivity contribution in [3.05, 3.63) is 29.8 Å². The van der Waals surface area contributed by atoms with Crippen LogP contribution in [-0.4, -0.2) is 17.1 Å². The molecule has 0 radical (unpaired) electrons. The number of amides is 1. The van der Waals surface area contributed by atoms with E-state index in [2.05, 4.69) is 19.2 Å². The minimum atomic E-state index is 0.00389. The first-order valence-electron chi connectivity index (χ1n) is 7.02. The summed E-state index contributed by atoms with van der Waals surface area (Å²) in [6, 6.07) is 7.29. The summed E-state index contributed by atoms with van der Waals surface area (Å²) in [4.78, 5) is 12.0. The molecule has 1 aliphatic rings. The molecule has 2 N–H and O–H groups in total. The standard InChI is InChI=1S/C16H23NO2/c1-16(2)9-5-7-13(11-16)17-15(19)10-12-6-3-4-8-14(12)18/h3-4,6,8,13,18H,5,7,9-11H2,1-2H3,(H,17,19). The molecule has 2 rings (SSSR count). The second-order valence-corrected chi connectivity index (χ2v) is 6.33. The average Bonchev–Trinajstić information content (AvgIpc) is 2.30. The van der Waals surface area contributed by atoms with Crippen LogP contribution in [-0.2, 0) is 11.2 Å². The molecule has 0 aliphatic heterocycles. The molecular weight excluding hydrogens is 238 g/mol. The van der Waals surface area contributed by atoms with E-state index < -0.39 is 0 Å². The van der Waals surface area contributed by atoms with Crippen molar-refractivity contribution in [3.63, 3.8) is 0 Å². The first-order valence-corrected chi connectivity index (χ1v) is 7.02. The summed E-state index contributed by atoms with van der Waals surface area (Å²) in [5.74, 6) is 0.200. The maximum Gasteiger partial charge on any atom is 0.224 e. The first kappa shape index (κ1) is 13.9. The van der Waals surface area contributed by atoms with Crippen molar-refractivity contribution in [2.45, 2.75) is 52.0 Å². The Bertz CT molecular complexity index is 454. The van der Waals surface area contributed by atoms with Crippen LogP contribution in [0.1, 0.15) is 45.1 Å². The highest BCUT2D eigenvalue weighted by molar-refractivity contribution is 5.79. The van der Waals surface area contributed by atoms with Gasteiger partial charge in [-0.15, -0.1) is 0 Å². The number of nitrogens with one attached hydrogen (secondary N) is 1. The van der Waals surface area contributed by atoms with Crippen molar-refractivity contribution >= 4 is 5.91 Å². The zero-order valence-corrected chi connectivity index (χ0v) is 11.8. The van der Waals surface area contributed by atoms with Gasteiger partial charge in [-0.2, -0.15) is 0 Å². The Labute approximate surface area is 115 Å². The topological polar surface area (TPSA) is 49.3 Å². The largest absolute Gasteiger partial charge is 0.508 e. The van der Waals surface area contributed by atoms with E-state index in [1.54, 1.807) is 18.2 Å². The van der Waals surface area contributed by atoms with Crippen LogP contribution in [0.15, 0.2) is 24.3 Å². The van der Waals surface area contributed by atoms with Crippen LogP contribution >= 0.6 is 0 Å². The molecule has 1 fully saturated rings. The Hall–Kier alpha value is -1.51. The van der Waals surface area contributed by atoms with Crippen LogP contribution in [0.2, 0.25) is 0 Å². The fourth-order valence-electron chi connectivity index (χ4n) is 2.93. The van der Waals surface area contributed by atoms with Gasteiger partial charge in [0, 0.05) is 11.6 Å². The zero-order chi connectivity index (χ0) is 13.9. The van der Waals surface area contributed by atoms with Gasteiger partial charge in [-0.3, -0.25) is 4.79 Å². The van der Waals surface area contributed by atoms with Crippen molar-refractivity contribution in [2.75, 3.05) is 0 Å². The number of carbonyl (C=O) groups excluding carboxylic acids is 1. The predicted octanol–water partition coefficient (Wildman–Crippen LogP) is 3.02. The van der Waals surface area contributed by atoms with Gasteiger partial charge >= 0.3 is 0 Å². The fraction of sp³-hybridized carbons (Fsp3) is 0.562. The monoisotopic (exact) mass is 261 g/mol. The Morgan fingerprint density at radius 3 is 2.84 bits per heavy atom. The van der Waals surface area contributed by atoms with Gasteiger partial charge in [0.15, 0.2) is 0 Å². The third-order valence-electron chi connectivity index (χ3n) is 3.91. The summed E-state index contributed by atoms with van der Waals surface area (Å²) >= 11 is 0. The number of para-hydroxylation sites is 1. The number of carbonyl (C=O) groups is 1. The number of rotatable bonds is 3. The second kappa shape index (κ2) is 5.64. The highest BCUT2D eigenvalue weighted by atomic mass is 16.3. The summed E-state index contributed by atoms with van der Waals surface area (Å²) in [6.45, 7) is 4.52. The smallest absolute Gasteiger partial charge is 0.224 e. The number of hydrogen-bond acceptors (Lipinski definition) is 2. The molecule has 1 atom stereocenters. The Balaban J connectivity index is 1.90. The van der Waals surface area contributed by atoms with Crippen molar-refractivity contribution in [1.82, 2.24) is 5.32 Å². The molecule has 0 bridgehead atoms. The molecule has 1 amide bonds. The van der Waals surface area contributed by atoms with E-state index in [4.69, 9.17) is 0 Å². The molecule has 0 heterocycles. The molecule has 0 saturated heterocycles. The molecule has 1 aromatic rings. The van der Waals surface area contributed by atoms with Crippen LogP contribution < -0.4 is 5.32 Å². The Morgan fingerprint density at radius 2 is 2.16 bits per heavy atom. The maximum absolute atomic E-state index is 12.0. The number of benzene rings is 1. The maximum atomic E-state index is 12.0. The third-order valence-corrected chi connectivity index (χ3v) is 3.91. The highest BCUT2D eigenvalue weighted by Crippen LogP contribution is 2.35. The van der Waals surface area contributed by atoms with Gasteiger partial charge in [0.05, 0.1) is 6.42 Å². The molecule has 19 heavy (non-hydrogen) atoms. The van der Waals surface area contributed by atoms with Crippen LogP contribution in [0.5, 0.6) is 5.75 Å². The molecule has 1 aromatic carbocycles.